The number of hydrogen-bond acceptors (Lipinski definition) is 4. The summed E-state index contributed by atoms with van der Waals surface area (Å²) in [5.41, 5.74) is 2.64. The second-order valence-corrected chi connectivity index (χ2v) is 8.20. The molecule has 29 heavy (non-hydrogen) atoms. The number of nitrogens with one attached hydrogen (secondary N) is 1. The van der Waals surface area contributed by atoms with Crippen molar-refractivity contribution < 1.29 is 4.79 Å². The Kier molecular flexibility index (Phi) is 6.80. The lowest BCUT2D eigenvalue weighted by atomic mass is 10.0. The van der Waals surface area contributed by atoms with Crippen molar-refractivity contribution >= 4 is 11.6 Å². The maximum Gasteiger partial charge on any atom is 0.234 e. The number of hydrogen-bond donors (Lipinski definition) is 1. The van der Waals surface area contributed by atoms with Crippen LogP contribution in [0, 0.1) is 0 Å². The van der Waals surface area contributed by atoms with Crippen LogP contribution in [0.1, 0.15) is 18.4 Å². The summed E-state index contributed by atoms with van der Waals surface area (Å²) in [4.78, 5) is 19.7. The van der Waals surface area contributed by atoms with Gasteiger partial charge in [-0.05, 0) is 30.5 Å². The minimum atomic E-state index is 0.180. The summed E-state index contributed by atoms with van der Waals surface area (Å²) < 4.78 is 0. The first-order chi connectivity index (χ1) is 14.3. The standard InChI is InChI=1S/C24H32N4O/c29-24(20-27-15-17-28(18-16-27)23-9-5-2-6-10-23)25-22-11-13-26(14-12-22)19-21-7-3-1-4-8-21/h1-10,22H,11-20H2,(H,25,29). The molecule has 1 amide bonds. The number of para-hydroxylation sites is 1. The number of anilines is 1. The van der Waals surface area contributed by atoms with Crippen LogP contribution in [0.15, 0.2) is 60.7 Å². The van der Waals surface area contributed by atoms with Gasteiger partial charge in [-0.2, -0.15) is 0 Å². The Morgan fingerprint density at radius 2 is 1.41 bits per heavy atom. The molecule has 5 nitrogen and oxygen atoms in total. The highest BCUT2D eigenvalue weighted by Gasteiger charge is 2.23. The van der Waals surface area contributed by atoms with Crippen molar-refractivity contribution in [1.82, 2.24) is 15.1 Å². The van der Waals surface area contributed by atoms with E-state index in [2.05, 4.69) is 80.7 Å². The molecule has 4 rings (SSSR count). The van der Waals surface area contributed by atoms with E-state index in [1.807, 2.05) is 0 Å². The second kappa shape index (κ2) is 9.90. The number of benzene rings is 2. The van der Waals surface area contributed by atoms with Gasteiger partial charge < -0.3 is 10.2 Å². The average Bonchev–Trinajstić information content (AvgIpc) is 2.77. The Balaban J connectivity index is 1.15. The van der Waals surface area contributed by atoms with Crippen molar-refractivity contribution in [3.63, 3.8) is 0 Å². The number of piperazine rings is 1. The van der Waals surface area contributed by atoms with E-state index < -0.39 is 0 Å². The summed E-state index contributed by atoms with van der Waals surface area (Å²) in [6.45, 7) is 7.48. The number of nitrogens with zero attached hydrogens (tertiary/aromatic N) is 3. The predicted molar refractivity (Wildman–Crippen MR) is 118 cm³/mol. The van der Waals surface area contributed by atoms with Gasteiger partial charge in [0, 0.05) is 57.5 Å². The van der Waals surface area contributed by atoms with Crippen LogP contribution in [0.3, 0.4) is 0 Å². The van der Waals surface area contributed by atoms with Crippen molar-refractivity contribution in [2.75, 3.05) is 50.7 Å². The Morgan fingerprint density at radius 1 is 0.793 bits per heavy atom. The molecule has 2 heterocycles. The monoisotopic (exact) mass is 392 g/mol. The molecule has 0 unspecified atom stereocenters. The van der Waals surface area contributed by atoms with E-state index in [1.165, 1.54) is 11.3 Å². The van der Waals surface area contributed by atoms with Gasteiger partial charge in [0.1, 0.15) is 0 Å². The number of carbonyl (C=O) groups is 1. The van der Waals surface area contributed by atoms with Crippen molar-refractivity contribution in [2.45, 2.75) is 25.4 Å². The van der Waals surface area contributed by atoms with Gasteiger partial charge >= 0.3 is 0 Å². The van der Waals surface area contributed by atoms with Crippen LogP contribution in [0.25, 0.3) is 0 Å². The summed E-state index contributed by atoms with van der Waals surface area (Å²) in [7, 11) is 0. The lowest BCUT2D eigenvalue weighted by Gasteiger charge is -2.36. The molecule has 1 N–H and O–H groups in total. The third kappa shape index (κ3) is 5.81. The maximum atomic E-state index is 12.5. The molecule has 2 aliphatic heterocycles. The average molecular weight is 393 g/mol. The molecular weight excluding hydrogens is 360 g/mol. The fourth-order valence-corrected chi connectivity index (χ4v) is 4.36. The van der Waals surface area contributed by atoms with Gasteiger partial charge in [0.05, 0.1) is 6.54 Å². The molecule has 154 valence electrons. The van der Waals surface area contributed by atoms with Crippen LogP contribution >= 0.6 is 0 Å². The summed E-state index contributed by atoms with van der Waals surface area (Å²) in [6.07, 6.45) is 2.08. The molecule has 0 aromatic heterocycles. The first kappa shape index (κ1) is 19.9. The normalized spacial score (nSPS) is 19.2. The van der Waals surface area contributed by atoms with E-state index in [0.29, 0.717) is 12.6 Å². The molecule has 5 heteroatoms. The number of carbonyl (C=O) groups excluding carboxylic acids is 1. The highest BCUT2D eigenvalue weighted by atomic mass is 16.2. The van der Waals surface area contributed by atoms with E-state index in [1.54, 1.807) is 0 Å². The van der Waals surface area contributed by atoms with E-state index >= 15 is 0 Å². The molecule has 2 aromatic carbocycles. The van der Waals surface area contributed by atoms with E-state index in [4.69, 9.17) is 0 Å². The van der Waals surface area contributed by atoms with Crippen molar-refractivity contribution in [1.29, 1.82) is 0 Å². The van der Waals surface area contributed by atoms with E-state index in [0.717, 1.165) is 58.7 Å². The van der Waals surface area contributed by atoms with Gasteiger partial charge in [0.15, 0.2) is 0 Å². The van der Waals surface area contributed by atoms with Crippen LogP contribution in [0.4, 0.5) is 5.69 Å². The summed E-state index contributed by atoms with van der Waals surface area (Å²) in [5.74, 6) is 0.180. The largest absolute Gasteiger partial charge is 0.369 e. The Morgan fingerprint density at radius 3 is 2.07 bits per heavy atom. The molecule has 0 saturated carbocycles. The number of piperidine rings is 1. The molecular formula is C24H32N4O. The topological polar surface area (TPSA) is 38.8 Å². The summed E-state index contributed by atoms with van der Waals surface area (Å²) >= 11 is 0. The Hall–Kier alpha value is -2.37. The smallest absolute Gasteiger partial charge is 0.234 e. The zero-order chi connectivity index (χ0) is 19.9. The lowest BCUT2D eigenvalue weighted by molar-refractivity contribution is -0.123. The molecule has 0 radical (unpaired) electrons. The first-order valence-corrected chi connectivity index (χ1v) is 10.8. The Bertz CT molecular complexity index is 751. The fourth-order valence-electron chi connectivity index (χ4n) is 4.36. The van der Waals surface area contributed by atoms with Crippen LogP contribution in [-0.2, 0) is 11.3 Å². The molecule has 2 aliphatic rings. The first-order valence-electron chi connectivity index (χ1n) is 10.8. The van der Waals surface area contributed by atoms with Crippen LogP contribution in [0.2, 0.25) is 0 Å². The van der Waals surface area contributed by atoms with Crippen LogP contribution in [0.5, 0.6) is 0 Å². The molecule has 2 aromatic rings. The van der Waals surface area contributed by atoms with Crippen molar-refractivity contribution in [2.24, 2.45) is 0 Å². The third-order valence-electron chi connectivity index (χ3n) is 6.06. The fraction of sp³-hybridized carbons (Fsp3) is 0.458. The van der Waals surface area contributed by atoms with Gasteiger partial charge in [-0.25, -0.2) is 0 Å². The number of amides is 1. The van der Waals surface area contributed by atoms with E-state index in [9.17, 15) is 4.79 Å². The maximum absolute atomic E-state index is 12.5. The highest BCUT2D eigenvalue weighted by molar-refractivity contribution is 5.78. The minimum absolute atomic E-state index is 0.180. The third-order valence-corrected chi connectivity index (χ3v) is 6.06. The van der Waals surface area contributed by atoms with Gasteiger partial charge in [-0.1, -0.05) is 48.5 Å². The Labute approximate surface area is 174 Å². The SMILES string of the molecule is O=C(CN1CCN(c2ccccc2)CC1)NC1CCN(Cc2ccccc2)CC1. The number of likely N-dealkylation sites (tertiary alicyclic amines) is 1. The van der Waals surface area contributed by atoms with E-state index in [-0.39, 0.29) is 5.91 Å². The van der Waals surface area contributed by atoms with Gasteiger partial charge in [0.2, 0.25) is 5.91 Å². The van der Waals surface area contributed by atoms with Gasteiger partial charge in [-0.15, -0.1) is 0 Å². The van der Waals surface area contributed by atoms with Crippen LogP contribution in [-0.4, -0.2) is 67.6 Å². The van der Waals surface area contributed by atoms with Gasteiger partial charge in [-0.3, -0.25) is 14.6 Å². The van der Waals surface area contributed by atoms with Crippen molar-refractivity contribution in [3.05, 3.63) is 66.2 Å². The molecule has 2 saturated heterocycles. The quantitative estimate of drug-likeness (QED) is 0.820. The van der Waals surface area contributed by atoms with Gasteiger partial charge in [0.25, 0.3) is 0 Å². The minimum Gasteiger partial charge on any atom is -0.369 e. The molecule has 0 aliphatic carbocycles. The highest BCUT2D eigenvalue weighted by Crippen LogP contribution is 2.16. The molecule has 2 fully saturated rings. The lowest BCUT2D eigenvalue weighted by Crippen LogP contribution is -2.51. The predicted octanol–water partition coefficient (Wildman–Crippen LogP) is 2.59. The summed E-state index contributed by atoms with van der Waals surface area (Å²) in [6, 6.07) is 21.5. The zero-order valence-corrected chi connectivity index (χ0v) is 17.2. The van der Waals surface area contributed by atoms with Crippen molar-refractivity contribution in [3.8, 4) is 0 Å². The second-order valence-electron chi connectivity index (χ2n) is 8.20. The van der Waals surface area contributed by atoms with Crippen LogP contribution < -0.4 is 10.2 Å². The molecule has 0 spiro atoms. The number of rotatable bonds is 6. The summed E-state index contributed by atoms with van der Waals surface area (Å²) in [5, 5.41) is 3.27. The molecule has 0 atom stereocenters. The molecule has 0 bridgehead atoms. The zero-order valence-electron chi connectivity index (χ0n) is 17.2.